The molecule has 0 atom stereocenters. The summed E-state index contributed by atoms with van der Waals surface area (Å²) < 4.78 is 38.7. The predicted octanol–water partition coefficient (Wildman–Crippen LogP) is 2.95. The Kier molecular flexibility index (Phi) is 8.81. The molecule has 0 aliphatic carbocycles. The minimum absolute atomic E-state index is 0.102. The van der Waals surface area contributed by atoms with Crippen molar-refractivity contribution in [1.82, 2.24) is 0 Å². The van der Waals surface area contributed by atoms with Crippen LogP contribution in [0.3, 0.4) is 0 Å². The summed E-state index contributed by atoms with van der Waals surface area (Å²) in [5.74, 6) is -3.23. The minimum Gasteiger partial charge on any atom is -0.481 e. The molecule has 0 fully saturated rings. The van der Waals surface area contributed by atoms with Crippen molar-refractivity contribution >= 4 is 39.5 Å². The fourth-order valence-corrected chi connectivity index (χ4v) is 3.80. The lowest BCUT2D eigenvalue weighted by Gasteiger charge is -2.18. The molecule has 4 N–H and O–H groups in total. The summed E-state index contributed by atoms with van der Waals surface area (Å²) >= 11 is 0. The Morgan fingerprint density at radius 1 is 0.947 bits per heavy atom. The summed E-state index contributed by atoms with van der Waals surface area (Å²) in [6.07, 6.45) is 0.699. The first-order valence-electron chi connectivity index (χ1n) is 11.2. The maximum absolute atomic E-state index is 13.6. The first-order chi connectivity index (χ1) is 18.0. The number of carbonyl (C=O) groups excluding carboxylic acids is 3. The molecule has 38 heavy (non-hydrogen) atoms. The highest BCUT2D eigenvalue weighted by Crippen LogP contribution is 2.34. The molecule has 1 amide bonds. The van der Waals surface area contributed by atoms with Gasteiger partial charge in [0.25, 0.3) is 5.91 Å². The molecule has 0 saturated heterocycles. The van der Waals surface area contributed by atoms with Gasteiger partial charge >= 0.3 is 22.1 Å². The SMILES string of the molecule is CCOC(=O)COc1ccc(-c2ccccc2)c(C(=O)OS(C)(=O)=O)c1C(=O)Nc1ccc(C(=N)N)cc1. The molecule has 198 valence electrons. The molecule has 3 aromatic rings. The van der Waals surface area contributed by atoms with Crippen molar-refractivity contribution < 1.29 is 36.5 Å². The standard InChI is InChI=1S/C26H25N3O8S/c1-3-35-21(30)15-36-20-14-13-19(16-7-5-4-6-8-16)22(26(32)37-38(2,33)34)23(20)25(31)29-18-11-9-17(10-12-18)24(27)28/h4-14H,3,15H2,1-2H3,(H3,27,28)(H,29,31). The number of anilines is 1. The van der Waals surface area contributed by atoms with Gasteiger partial charge in [0.15, 0.2) is 6.61 Å². The third-order valence-electron chi connectivity index (χ3n) is 5.01. The molecule has 0 spiro atoms. The number of ether oxygens (including phenoxy) is 2. The molecule has 0 radical (unpaired) electrons. The maximum Gasteiger partial charge on any atom is 0.355 e. The number of rotatable bonds is 10. The van der Waals surface area contributed by atoms with E-state index >= 15 is 0 Å². The van der Waals surface area contributed by atoms with Crippen molar-refractivity contribution in [3.63, 3.8) is 0 Å². The molecule has 0 bridgehead atoms. The highest BCUT2D eigenvalue weighted by Gasteiger charge is 2.30. The van der Waals surface area contributed by atoms with Crippen LogP contribution in [0.15, 0.2) is 66.7 Å². The van der Waals surface area contributed by atoms with E-state index in [9.17, 15) is 22.8 Å². The molecular weight excluding hydrogens is 514 g/mol. The number of benzene rings is 3. The molecule has 11 nitrogen and oxygen atoms in total. The van der Waals surface area contributed by atoms with Crippen LogP contribution in [0.1, 0.15) is 33.2 Å². The second kappa shape index (κ2) is 12.0. The summed E-state index contributed by atoms with van der Waals surface area (Å²) in [5, 5.41) is 10.1. The van der Waals surface area contributed by atoms with Gasteiger partial charge < -0.3 is 24.7 Å². The van der Waals surface area contributed by atoms with Crippen LogP contribution in [0.2, 0.25) is 0 Å². The van der Waals surface area contributed by atoms with E-state index in [-0.39, 0.29) is 40.6 Å². The zero-order valence-electron chi connectivity index (χ0n) is 20.5. The van der Waals surface area contributed by atoms with E-state index in [0.29, 0.717) is 17.4 Å². The lowest BCUT2D eigenvalue weighted by Crippen LogP contribution is -2.23. The molecule has 0 aliphatic rings. The first kappa shape index (κ1) is 27.9. The Bertz CT molecular complexity index is 1470. The number of nitrogens with one attached hydrogen (secondary N) is 2. The Hall–Kier alpha value is -4.71. The van der Waals surface area contributed by atoms with Crippen molar-refractivity contribution in [2.24, 2.45) is 5.73 Å². The summed E-state index contributed by atoms with van der Waals surface area (Å²) in [6, 6.07) is 17.3. The third-order valence-corrected chi connectivity index (χ3v) is 5.47. The van der Waals surface area contributed by atoms with E-state index in [1.165, 1.54) is 36.4 Å². The van der Waals surface area contributed by atoms with Crippen LogP contribution >= 0.6 is 0 Å². The third kappa shape index (κ3) is 7.17. The van der Waals surface area contributed by atoms with Crippen LogP contribution in [-0.4, -0.2) is 51.6 Å². The van der Waals surface area contributed by atoms with Gasteiger partial charge in [0.1, 0.15) is 11.6 Å². The molecule has 0 aliphatic heterocycles. The van der Waals surface area contributed by atoms with E-state index in [1.54, 1.807) is 37.3 Å². The van der Waals surface area contributed by atoms with Crippen molar-refractivity contribution in [3.8, 4) is 16.9 Å². The van der Waals surface area contributed by atoms with Gasteiger partial charge in [-0.05, 0) is 54.4 Å². The number of hydrogen-bond acceptors (Lipinski definition) is 9. The van der Waals surface area contributed by atoms with Crippen LogP contribution < -0.4 is 15.8 Å². The van der Waals surface area contributed by atoms with Crippen LogP contribution in [-0.2, 0) is 23.8 Å². The normalized spacial score (nSPS) is 10.8. The average Bonchev–Trinajstić information content (AvgIpc) is 2.86. The molecule has 0 saturated carbocycles. The number of nitrogen functional groups attached to an aromatic ring is 1. The van der Waals surface area contributed by atoms with Gasteiger partial charge in [0.05, 0.1) is 24.0 Å². The zero-order chi connectivity index (χ0) is 27.9. The number of carbonyl (C=O) groups is 3. The second-order valence-electron chi connectivity index (χ2n) is 7.84. The Labute approximate surface area is 219 Å². The average molecular weight is 540 g/mol. The quantitative estimate of drug-likeness (QED) is 0.151. The van der Waals surface area contributed by atoms with E-state index in [0.717, 1.165) is 0 Å². The topological polar surface area (TPSA) is 175 Å². The minimum atomic E-state index is -4.26. The number of amidine groups is 1. The van der Waals surface area contributed by atoms with Crippen LogP contribution in [0, 0.1) is 5.41 Å². The predicted molar refractivity (Wildman–Crippen MR) is 140 cm³/mol. The Morgan fingerprint density at radius 3 is 2.18 bits per heavy atom. The molecule has 3 rings (SSSR count). The summed E-state index contributed by atoms with van der Waals surface area (Å²) in [4.78, 5) is 38.7. The molecular formula is C26H25N3O8S. The highest BCUT2D eigenvalue weighted by molar-refractivity contribution is 7.86. The number of nitrogens with two attached hydrogens (primary N) is 1. The van der Waals surface area contributed by atoms with Gasteiger partial charge in [-0.3, -0.25) is 10.2 Å². The molecule has 0 heterocycles. The van der Waals surface area contributed by atoms with E-state index in [2.05, 4.69) is 9.50 Å². The molecule has 12 heteroatoms. The fourth-order valence-electron chi connectivity index (χ4n) is 3.44. The van der Waals surface area contributed by atoms with Crippen molar-refractivity contribution in [3.05, 3.63) is 83.4 Å². The smallest absolute Gasteiger partial charge is 0.355 e. The van der Waals surface area contributed by atoms with Crippen LogP contribution in [0.5, 0.6) is 5.75 Å². The Balaban J connectivity index is 2.18. The van der Waals surface area contributed by atoms with Crippen molar-refractivity contribution in [2.45, 2.75) is 6.92 Å². The Morgan fingerprint density at radius 2 is 1.61 bits per heavy atom. The van der Waals surface area contributed by atoms with Gasteiger partial charge in [-0.2, -0.15) is 8.42 Å². The zero-order valence-corrected chi connectivity index (χ0v) is 21.3. The van der Waals surface area contributed by atoms with E-state index in [4.69, 9.17) is 20.6 Å². The number of hydrogen-bond donors (Lipinski definition) is 3. The largest absolute Gasteiger partial charge is 0.481 e. The lowest BCUT2D eigenvalue weighted by atomic mass is 9.94. The molecule has 0 unspecified atom stereocenters. The monoisotopic (exact) mass is 539 g/mol. The van der Waals surface area contributed by atoms with Gasteiger partial charge in [-0.1, -0.05) is 30.3 Å². The van der Waals surface area contributed by atoms with E-state index in [1.807, 2.05) is 0 Å². The summed E-state index contributed by atoms with van der Waals surface area (Å²) in [5.41, 5.74) is 6.11. The van der Waals surface area contributed by atoms with Crippen molar-refractivity contribution in [2.75, 3.05) is 24.8 Å². The fraction of sp³-hybridized carbons (Fsp3) is 0.154. The van der Waals surface area contributed by atoms with Crippen LogP contribution in [0.4, 0.5) is 5.69 Å². The van der Waals surface area contributed by atoms with Crippen LogP contribution in [0.25, 0.3) is 11.1 Å². The van der Waals surface area contributed by atoms with Gasteiger partial charge in [-0.15, -0.1) is 0 Å². The summed E-state index contributed by atoms with van der Waals surface area (Å²) in [7, 11) is -4.26. The second-order valence-corrected chi connectivity index (χ2v) is 9.42. The van der Waals surface area contributed by atoms with Crippen molar-refractivity contribution in [1.29, 1.82) is 5.41 Å². The number of esters is 1. The van der Waals surface area contributed by atoms with Gasteiger partial charge in [0.2, 0.25) is 0 Å². The lowest BCUT2D eigenvalue weighted by molar-refractivity contribution is -0.145. The van der Waals surface area contributed by atoms with Gasteiger partial charge in [-0.25, -0.2) is 9.59 Å². The first-order valence-corrected chi connectivity index (χ1v) is 13.0. The highest BCUT2D eigenvalue weighted by atomic mass is 32.2. The van der Waals surface area contributed by atoms with Gasteiger partial charge in [0, 0.05) is 11.3 Å². The molecule has 0 aromatic heterocycles. The summed E-state index contributed by atoms with van der Waals surface area (Å²) in [6.45, 7) is 1.14. The molecule has 3 aromatic carbocycles. The van der Waals surface area contributed by atoms with E-state index < -0.39 is 34.6 Å². The maximum atomic E-state index is 13.6. The number of amides is 1.